The first kappa shape index (κ1) is 12.9. The van der Waals surface area contributed by atoms with Crippen molar-refractivity contribution >= 4 is 0 Å². The van der Waals surface area contributed by atoms with E-state index in [0.717, 1.165) is 6.42 Å². The van der Waals surface area contributed by atoms with Crippen LogP contribution in [0.1, 0.15) is 47.0 Å². The Hall–Kier alpha value is -0.0800. The molecule has 3 atom stereocenters. The highest BCUT2D eigenvalue weighted by Crippen LogP contribution is 2.13. The van der Waals surface area contributed by atoms with Crippen molar-refractivity contribution in [3.05, 3.63) is 0 Å². The van der Waals surface area contributed by atoms with Crippen LogP contribution in [0.15, 0.2) is 0 Å². The van der Waals surface area contributed by atoms with Crippen LogP contribution in [0.3, 0.4) is 0 Å². The highest BCUT2D eigenvalue weighted by Gasteiger charge is 2.13. The Balaban J connectivity index is 3.73. The first-order valence-corrected chi connectivity index (χ1v) is 5.53. The molecule has 2 N–H and O–H groups in total. The van der Waals surface area contributed by atoms with Crippen molar-refractivity contribution in [2.24, 2.45) is 5.92 Å². The summed E-state index contributed by atoms with van der Waals surface area (Å²) < 4.78 is 0. The van der Waals surface area contributed by atoms with Crippen LogP contribution >= 0.6 is 0 Å². The Morgan fingerprint density at radius 2 is 1.85 bits per heavy atom. The molecular formula is C11H25NO. The van der Waals surface area contributed by atoms with Gasteiger partial charge in [-0.15, -0.1) is 0 Å². The highest BCUT2D eigenvalue weighted by atomic mass is 16.3. The van der Waals surface area contributed by atoms with E-state index in [0.29, 0.717) is 18.5 Å². The van der Waals surface area contributed by atoms with Gasteiger partial charge in [0.1, 0.15) is 0 Å². The van der Waals surface area contributed by atoms with E-state index in [1.807, 2.05) is 6.92 Å². The van der Waals surface area contributed by atoms with Crippen LogP contribution in [0, 0.1) is 5.92 Å². The third kappa shape index (κ3) is 6.05. The number of hydrogen-bond acceptors (Lipinski definition) is 2. The van der Waals surface area contributed by atoms with Gasteiger partial charge in [-0.25, -0.2) is 0 Å². The molecule has 0 aliphatic carbocycles. The lowest BCUT2D eigenvalue weighted by molar-refractivity contribution is 0.178. The topological polar surface area (TPSA) is 32.3 Å². The van der Waals surface area contributed by atoms with E-state index in [-0.39, 0.29) is 6.10 Å². The standard InChI is InChI=1S/C11H25NO/c1-5-7-9(3)11(6-2)12-8-10(4)13/h9-13H,5-8H2,1-4H3/t9?,10-,11?/m1/s1. The van der Waals surface area contributed by atoms with Gasteiger partial charge < -0.3 is 10.4 Å². The molecule has 2 unspecified atom stereocenters. The lowest BCUT2D eigenvalue weighted by atomic mass is 9.95. The first-order chi connectivity index (χ1) is 6.11. The molecule has 2 nitrogen and oxygen atoms in total. The molecule has 0 rings (SSSR count). The number of nitrogens with one attached hydrogen (secondary N) is 1. The molecular weight excluding hydrogens is 162 g/mol. The molecule has 0 aliphatic rings. The summed E-state index contributed by atoms with van der Waals surface area (Å²) in [6, 6.07) is 0.564. The summed E-state index contributed by atoms with van der Waals surface area (Å²) in [6.07, 6.45) is 3.43. The van der Waals surface area contributed by atoms with E-state index in [2.05, 4.69) is 26.1 Å². The second-order valence-electron chi connectivity index (χ2n) is 4.04. The third-order valence-electron chi connectivity index (χ3n) is 2.55. The lowest BCUT2D eigenvalue weighted by Gasteiger charge is -2.24. The van der Waals surface area contributed by atoms with Crippen molar-refractivity contribution in [1.29, 1.82) is 0 Å². The molecule has 80 valence electrons. The van der Waals surface area contributed by atoms with Crippen LogP contribution in [-0.4, -0.2) is 23.8 Å². The van der Waals surface area contributed by atoms with Crippen molar-refractivity contribution in [3.8, 4) is 0 Å². The average molecular weight is 187 g/mol. The Kier molecular flexibility index (Phi) is 7.29. The second-order valence-corrected chi connectivity index (χ2v) is 4.04. The van der Waals surface area contributed by atoms with Gasteiger partial charge in [-0.1, -0.05) is 27.2 Å². The van der Waals surface area contributed by atoms with Gasteiger partial charge in [-0.3, -0.25) is 0 Å². The maximum absolute atomic E-state index is 9.15. The van der Waals surface area contributed by atoms with Crippen LogP contribution in [0.2, 0.25) is 0 Å². The van der Waals surface area contributed by atoms with Crippen LogP contribution in [0.5, 0.6) is 0 Å². The third-order valence-corrected chi connectivity index (χ3v) is 2.55. The van der Waals surface area contributed by atoms with E-state index in [1.54, 1.807) is 0 Å². The zero-order chi connectivity index (χ0) is 10.3. The summed E-state index contributed by atoms with van der Waals surface area (Å²) in [7, 11) is 0. The van der Waals surface area contributed by atoms with Crippen molar-refractivity contribution in [2.45, 2.75) is 59.1 Å². The molecule has 0 aliphatic heterocycles. The normalized spacial score (nSPS) is 18.2. The summed E-state index contributed by atoms with van der Waals surface area (Å²) in [5.74, 6) is 0.716. The van der Waals surface area contributed by atoms with Gasteiger partial charge in [0.2, 0.25) is 0 Å². The molecule has 0 aromatic heterocycles. The number of aliphatic hydroxyl groups is 1. The Bertz CT molecular complexity index is 115. The average Bonchev–Trinajstić information content (AvgIpc) is 2.05. The highest BCUT2D eigenvalue weighted by molar-refractivity contribution is 4.72. The summed E-state index contributed by atoms with van der Waals surface area (Å²) in [5, 5.41) is 12.5. The Labute approximate surface area is 82.7 Å². The van der Waals surface area contributed by atoms with Gasteiger partial charge in [0.05, 0.1) is 6.10 Å². The molecule has 0 aromatic carbocycles. The number of aliphatic hydroxyl groups excluding tert-OH is 1. The molecule has 0 saturated carbocycles. The second kappa shape index (κ2) is 7.34. The minimum Gasteiger partial charge on any atom is -0.392 e. The zero-order valence-corrected chi connectivity index (χ0v) is 9.51. The van der Waals surface area contributed by atoms with E-state index in [4.69, 9.17) is 5.11 Å². The smallest absolute Gasteiger partial charge is 0.0636 e. The van der Waals surface area contributed by atoms with Crippen molar-refractivity contribution in [3.63, 3.8) is 0 Å². The maximum atomic E-state index is 9.15. The molecule has 0 bridgehead atoms. The Morgan fingerprint density at radius 3 is 2.23 bits per heavy atom. The molecule has 13 heavy (non-hydrogen) atoms. The minimum absolute atomic E-state index is 0.233. The van der Waals surface area contributed by atoms with Crippen molar-refractivity contribution in [2.75, 3.05) is 6.54 Å². The first-order valence-electron chi connectivity index (χ1n) is 5.53. The lowest BCUT2D eigenvalue weighted by Crippen LogP contribution is -2.38. The van der Waals surface area contributed by atoms with Crippen LogP contribution in [-0.2, 0) is 0 Å². The maximum Gasteiger partial charge on any atom is 0.0636 e. The zero-order valence-electron chi connectivity index (χ0n) is 9.51. The largest absolute Gasteiger partial charge is 0.392 e. The molecule has 0 radical (unpaired) electrons. The predicted molar refractivity (Wildman–Crippen MR) is 57.8 cm³/mol. The SMILES string of the molecule is CCCC(C)C(CC)NC[C@@H](C)O. The minimum atomic E-state index is -0.233. The van der Waals surface area contributed by atoms with Crippen molar-refractivity contribution in [1.82, 2.24) is 5.32 Å². The van der Waals surface area contributed by atoms with E-state index in [1.165, 1.54) is 12.8 Å². The van der Waals surface area contributed by atoms with E-state index >= 15 is 0 Å². The van der Waals surface area contributed by atoms with Crippen LogP contribution < -0.4 is 5.32 Å². The van der Waals surface area contributed by atoms with Crippen molar-refractivity contribution < 1.29 is 5.11 Å². The fraction of sp³-hybridized carbons (Fsp3) is 1.00. The molecule has 0 amide bonds. The molecule has 0 saturated heterocycles. The van der Waals surface area contributed by atoms with E-state index < -0.39 is 0 Å². The number of hydrogen-bond donors (Lipinski definition) is 2. The fourth-order valence-electron chi connectivity index (χ4n) is 1.73. The van der Waals surface area contributed by atoms with Gasteiger partial charge in [0.15, 0.2) is 0 Å². The van der Waals surface area contributed by atoms with Gasteiger partial charge in [0, 0.05) is 12.6 Å². The van der Waals surface area contributed by atoms with Crippen LogP contribution in [0.25, 0.3) is 0 Å². The van der Waals surface area contributed by atoms with Gasteiger partial charge in [0.25, 0.3) is 0 Å². The van der Waals surface area contributed by atoms with Crippen LogP contribution in [0.4, 0.5) is 0 Å². The quantitative estimate of drug-likeness (QED) is 0.640. The van der Waals surface area contributed by atoms with Gasteiger partial charge in [-0.2, -0.15) is 0 Å². The molecule has 0 fully saturated rings. The summed E-state index contributed by atoms with van der Waals surface area (Å²) >= 11 is 0. The molecule has 0 spiro atoms. The van der Waals surface area contributed by atoms with Gasteiger partial charge >= 0.3 is 0 Å². The summed E-state index contributed by atoms with van der Waals surface area (Å²) in [5.41, 5.74) is 0. The fourth-order valence-corrected chi connectivity index (χ4v) is 1.73. The summed E-state index contributed by atoms with van der Waals surface area (Å²) in [6.45, 7) is 9.24. The monoisotopic (exact) mass is 187 g/mol. The summed E-state index contributed by atoms with van der Waals surface area (Å²) in [4.78, 5) is 0. The Morgan fingerprint density at radius 1 is 1.23 bits per heavy atom. The van der Waals surface area contributed by atoms with E-state index in [9.17, 15) is 0 Å². The molecule has 2 heteroatoms. The molecule has 0 heterocycles. The number of rotatable bonds is 7. The van der Waals surface area contributed by atoms with Gasteiger partial charge in [-0.05, 0) is 25.7 Å². The predicted octanol–water partition coefficient (Wildman–Crippen LogP) is 2.17. The molecule has 0 aromatic rings.